The van der Waals surface area contributed by atoms with Gasteiger partial charge in [0.25, 0.3) is 5.91 Å². The molecule has 1 fully saturated rings. The van der Waals surface area contributed by atoms with Gasteiger partial charge in [-0.1, -0.05) is 31.4 Å². The Labute approximate surface area is 165 Å². The SMILES string of the molecule is COc1cccc(/C=C/C(=O)O[C@H](C)C(=O)NC2(C#N)CCCCC2)c1OC. The van der Waals surface area contributed by atoms with Gasteiger partial charge >= 0.3 is 5.97 Å². The van der Waals surface area contributed by atoms with E-state index in [2.05, 4.69) is 11.4 Å². The van der Waals surface area contributed by atoms with Gasteiger partial charge in [0.2, 0.25) is 0 Å². The number of carbonyl (C=O) groups is 2. The second kappa shape index (κ2) is 9.79. The summed E-state index contributed by atoms with van der Waals surface area (Å²) in [5, 5.41) is 12.2. The second-order valence-electron chi connectivity index (χ2n) is 6.74. The summed E-state index contributed by atoms with van der Waals surface area (Å²) in [5.74, 6) is -0.0977. The lowest BCUT2D eigenvalue weighted by atomic mass is 9.83. The van der Waals surface area contributed by atoms with Crippen LogP contribution in [0.3, 0.4) is 0 Å². The summed E-state index contributed by atoms with van der Waals surface area (Å²) in [4.78, 5) is 24.5. The van der Waals surface area contributed by atoms with E-state index in [0.29, 0.717) is 29.9 Å². The molecule has 0 aromatic heterocycles. The van der Waals surface area contributed by atoms with Crippen LogP contribution in [0.15, 0.2) is 24.3 Å². The smallest absolute Gasteiger partial charge is 0.331 e. The van der Waals surface area contributed by atoms with Gasteiger partial charge in [-0.2, -0.15) is 5.26 Å². The fourth-order valence-electron chi connectivity index (χ4n) is 3.23. The number of nitriles is 1. The summed E-state index contributed by atoms with van der Waals surface area (Å²) in [7, 11) is 3.04. The van der Waals surface area contributed by atoms with E-state index in [1.54, 1.807) is 18.2 Å². The van der Waals surface area contributed by atoms with Crippen molar-refractivity contribution in [2.24, 2.45) is 0 Å². The van der Waals surface area contributed by atoms with Crippen molar-refractivity contribution < 1.29 is 23.8 Å². The number of carbonyl (C=O) groups excluding carboxylic acids is 2. The zero-order valence-corrected chi connectivity index (χ0v) is 16.5. The van der Waals surface area contributed by atoms with Crippen molar-refractivity contribution in [2.75, 3.05) is 14.2 Å². The van der Waals surface area contributed by atoms with Crippen molar-refractivity contribution in [3.63, 3.8) is 0 Å². The highest BCUT2D eigenvalue weighted by Crippen LogP contribution is 2.31. The molecule has 0 aliphatic heterocycles. The van der Waals surface area contributed by atoms with E-state index < -0.39 is 23.5 Å². The number of nitrogens with one attached hydrogen (secondary N) is 1. The average molecular weight is 386 g/mol. The molecule has 1 aromatic rings. The van der Waals surface area contributed by atoms with Crippen LogP contribution < -0.4 is 14.8 Å². The van der Waals surface area contributed by atoms with Crippen LogP contribution in [0.4, 0.5) is 0 Å². The molecule has 1 N–H and O–H groups in total. The number of nitrogens with zero attached hydrogens (tertiary/aromatic N) is 1. The highest BCUT2D eigenvalue weighted by atomic mass is 16.5. The molecule has 28 heavy (non-hydrogen) atoms. The first-order valence-corrected chi connectivity index (χ1v) is 9.27. The molecular formula is C21H26N2O5. The summed E-state index contributed by atoms with van der Waals surface area (Å²) in [5.41, 5.74) is -0.221. The summed E-state index contributed by atoms with van der Waals surface area (Å²) in [6.45, 7) is 1.49. The van der Waals surface area contributed by atoms with Crippen molar-refractivity contribution in [3.8, 4) is 17.6 Å². The molecule has 1 amide bonds. The Hall–Kier alpha value is -3.01. The molecule has 0 unspecified atom stereocenters. The molecule has 7 heteroatoms. The fourth-order valence-corrected chi connectivity index (χ4v) is 3.23. The quantitative estimate of drug-likeness (QED) is 0.571. The maximum Gasteiger partial charge on any atom is 0.331 e. The largest absolute Gasteiger partial charge is 0.493 e. The predicted molar refractivity (Wildman–Crippen MR) is 104 cm³/mol. The van der Waals surface area contributed by atoms with Crippen LogP contribution in [0.25, 0.3) is 6.08 Å². The number of hydrogen-bond acceptors (Lipinski definition) is 6. The lowest BCUT2D eigenvalue weighted by Crippen LogP contribution is -2.52. The van der Waals surface area contributed by atoms with E-state index >= 15 is 0 Å². The molecule has 150 valence electrons. The van der Waals surface area contributed by atoms with Gasteiger partial charge in [-0.15, -0.1) is 0 Å². The molecule has 1 atom stereocenters. The standard InChI is InChI=1S/C21H26N2O5/c1-15(20(25)23-21(14-22)12-5-4-6-13-21)28-18(24)11-10-16-8-7-9-17(26-2)19(16)27-3/h7-11,15H,4-6,12-13H2,1-3H3,(H,23,25)/b11-10+/t15-/m1/s1. The average Bonchev–Trinajstić information content (AvgIpc) is 2.72. The Morgan fingerprint density at radius 2 is 1.93 bits per heavy atom. The highest BCUT2D eigenvalue weighted by Gasteiger charge is 2.35. The third kappa shape index (κ3) is 5.26. The molecule has 0 heterocycles. The zero-order valence-electron chi connectivity index (χ0n) is 16.5. The lowest BCUT2D eigenvalue weighted by molar-refractivity contribution is -0.150. The number of hydrogen-bond donors (Lipinski definition) is 1. The maximum absolute atomic E-state index is 12.4. The molecule has 1 aliphatic carbocycles. The van der Waals surface area contributed by atoms with Crippen LogP contribution in [0.2, 0.25) is 0 Å². The molecular weight excluding hydrogens is 360 g/mol. The van der Waals surface area contributed by atoms with Crippen molar-refractivity contribution in [3.05, 3.63) is 29.8 Å². The monoisotopic (exact) mass is 386 g/mol. The molecule has 0 spiro atoms. The molecule has 1 aromatic carbocycles. The second-order valence-corrected chi connectivity index (χ2v) is 6.74. The number of para-hydroxylation sites is 1. The van der Waals surface area contributed by atoms with Crippen LogP contribution >= 0.6 is 0 Å². The minimum Gasteiger partial charge on any atom is -0.493 e. The predicted octanol–water partition coefficient (Wildman–Crippen LogP) is 2.99. The molecule has 0 saturated heterocycles. The maximum atomic E-state index is 12.4. The minimum absolute atomic E-state index is 0.468. The third-order valence-electron chi connectivity index (χ3n) is 4.78. The fraction of sp³-hybridized carbons (Fsp3) is 0.476. The van der Waals surface area contributed by atoms with Crippen LogP contribution in [-0.2, 0) is 14.3 Å². The Bertz CT molecular complexity index is 775. The first kappa shape index (κ1) is 21.3. The van der Waals surface area contributed by atoms with Gasteiger partial charge in [0.1, 0.15) is 5.54 Å². The van der Waals surface area contributed by atoms with E-state index in [-0.39, 0.29) is 0 Å². The molecule has 1 aliphatic rings. The number of rotatable bonds is 7. The number of esters is 1. The Morgan fingerprint density at radius 1 is 1.21 bits per heavy atom. The number of benzene rings is 1. The van der Waals surface area contributed by atoms with E-state index in [0.717, 1.165) is 19.3 Å². The van der Waals surface area contributed by atoms with Crippen molar-refractivity contribution in [1.82, 2.24) is 5.32 Å². The topological polar surface area (TPSA) is 97.6 Å². The van der Waals surface area contributed by atoms with Gasteiger partial charge in [-0.3, -0.25) is 4.79 Å². The highest BCUT2D eigenvalue weighted by molar-refractivity contribution is 5.91. The van der Waals surface area contributed by atoms with Crippen molar-refractivity contribution >= 4 is 18.0 Å². The number of ether oxygens (including phenoxy) is 3. The summed E-state index contributed by atoms with van der Waals surface area (Å²) in [6, 6.07) is 7.50. The van der Waals surface area contributed by atoms with Crippen LogP contribution in [0.5, 0.6) is 11.5 Å². The van der Waals surface area contributed by atoms with Gasteiger partial charge in [-0.05, 0) is 31.9 Å². The molecule has 2 rings (SSSR count). The molecule has 0 radical (unpaired) electrons. The van der Waals surface area contributed by atoms with Crippen molar-refractivity contribution in [2.45, 2.75) is 50.7 Å². The van der Waals surface area contributed by atoms with Gasteiger partial charge < -0.3 is 19.5 Å². The lowest BCUT2D eigenvalue weighted by Gasteiger charge is -2.32. The third-order valence-corrected chi connectivity index (χ3v) is 4.78. The molecule has 1 saturated carbocycles. The normalized spacial score (nSPS) is 16.6. The minimum atomic E-state index is -1.00. The van der Waals surface area contributed by atoms with E-state index in [9.17, 15) is 14.9 Å². The Kier molecular flexibility index (Phi) is 7.44. The van der Waals surface area contributed by atoms with Crippen molar-refractivity contribution in [1.29, 1.82) is 5.26 Å². The number of methoxy groups -OCH3 is 2. The number of amides is 1. The van der Waals surface area contributed by atoms with Crippen LogP contribution in [0.1, 0.15) is 44.6 Å². The molecule has 7 nitrogen and oxygen atoms in total. The van der Waals surface area contributed by atoms with Gasteiger partial charge in [0.15, 0.2) is 17.6 Å². The molecule has 0 bridgehead atoms. The van der Waals surface area contributed by atoms with Gasteiger partial charge in [-0.25, -0.2) is 4.79 Å². The van der Waals surface area contributed by atoms with Gasteiger partial charge in [0, 0.05) is 11.6 Å². The van der Waals surface area contributed by atoms with Gasteiger partial charge in [0.05, 0.1) is 20.3 Å². The first-order valence-electron chi connectivity index (χ1n) is 9.27. The van der Waals surface area contributed by atoms with E-state index in [1.165, 1.54) is 33.3 Å². The summed E-state index contributed by atoms with van der Waals surface area (Å²) < 4.78 is 15.7. The van der Waals surface area contributed by atoms with Crippen LogP contribution in [0, 0.1) is 11.3 Å². The summed E-state index contributed by atoms with van der Waals surface area (Å²) in [6.07, 6.45) is 5.84. The summed E-state index contributed by atoms with van der Waals surface area (Å²) >= 11 is 0. The Morgan fingerprint density at radius 3 is 2.54 bits per heavy atom. The van der Waals surface area contributed by atoms with E-state index in [4.69, 9.17) is 14.2 Å². The van der Waals surface area contributed by atoms with Crippen LogP contribution in [-0.4, -0.2) is 37.7 Å². The zero-order chi connectivity index (χ0) is 20.6. The Balaban J connectivity index is 1.98. The first-order chi connectivity index (χ1) is 13.4. The van der Waals surface area contributed by atoms with E-state index in [1.807, 2.05) is 0 Å².